The number of benzene rings is 1. The van der Waals surface area contributed by atoms with E-state index in [1.54, 1.807) is 13.0 Å². The van der Waals surface area contributed by atoms with Crippen LogP contribution in [0.2, 0.25) is 0 Å². The lowest BCUT2D eigenvalue weighted by Gasteiger charge is -2.10. The Labute approximate surface area is 112 Å². The molecule has 19 heavy (non-hydrogen) atoms. The zero-order chi connectivity index (χ0) is 14.4. The lowest BCUT2D eigenvalue weighted by atomic mass is 9.97. The van der Waals surface area contributed by atoms with Gasteiger partial charge >= 0.3 is 5.97 Å². The van der Waals surface area contributed by atoms with Crippen molar-refractivity contribution in [3.8, 4) is 0 Å². The molecule has 0 saturated carbocycles. The van der Waals surface area contributed by atoms with Gasteiger partial charge in [0.1, 0.15) is 5.57 Å². The van der Waals surface area contributed by atoms with Gasteiger partial charge in [0.25, 0.3) is 0 Å². The molecule has 0 aliphatic carbocycles. The van der Waals surface area contributed by atoms with E-state index in [-0.39, 0.29) is 0 Å². The van der Waals surface area contributed by atoms with E-state index < -0.39 is 5.97 Å². The minimum absolute atomic E-state index is 0.315. The van der Waals surface area contributed by atoms with Gasteiger partial charge in [-0.05, 0) is 36.6 Å². The van der Waals surface area contributed by atoms with Crippen LogP contribution in [0.25, 0.3) is 5.57 Å². The fourth-order valence-corrected chi connectivity index (χ4v) is 1.64. The predicted octanol–water partition coefficient (Wildman–Crippen LogP) is 2.35. The van der Waals surface area contributed by atoms with Crippen LogP contribution in [0.1, 0.15) is 23.6 Å². The molecule has 0 fully saturated rings. The highest BCUT2D eigenvalue weighted by molar-refractivity contribution is 6.17. The molecule has 0 saturated heterocycles. The van der Waals surface area contributed by atoms with Crippen LogP contribution in [0.5, 0.6) is 0 Å². The lowest BCUT2D eigenvalue weighted by molar-refractivity contribution is -0.133. The Bertz CT molecular complexity index is 532. The van der Waals surface area contributed by atoms with E-state index in [1.165, 1.54) is 20.5 Å². The second-order valence-electron chi connectivity index (χ2n) is 3.97. The van der Waals surface area contributed by atoms with E-state index in [0.29, 0.717) is 22.4 Å². The topological polar surface area (TPSA) is 68.1 Å². The molecule has 0 spiro atoms. The summed E-state index contributed by atoms with van der Waals surface area (Å²) in [6.45, 7) is 3.54. The van der Waals surface area contributed by atoms with Crippen LogP contribution in [0, 0.1) is 6.92 Å². The molecule has 5 nitrogen and oxygen atoms in total. The molecule has 5 heteroatoms. The molecule has 1 aromatic carbocycles. The summed E-state index contributed by atoms with van der Waals surface area (Å²) in [5, 5.41) is 12.0. The molecule has 0 aromatic heterocycles. The number of methoxy groups -OCH3 is 2. The Morgan fingerprint density at radius 1 is 1.37 bits per heavy atom. The quantitative estimate of drug-likeness (QED) is 0.226. The first-order chi connectivity index (χ1) is 9.04. The molecular weight excluding hydrogens is 246 g/mol. The van der Waals surface area contributed by atoms with Crippen molar-refractivity contribution in [2.24, 2.45) is 5.16 Å². The summed E-state index contributed by atoms with van der Waals surface area (Å²) in [7, 11) is 2.77. The molecule has 0 atom stereocenters. The number of esters is 1. The maximum atomic E-state index is 11.8. The Hall–Kier alpha value is -2.30. The van der Waals surface area contributed by atoms with E-state index >= 15 is 0 Å². The number of hydrogen-bond acceptors (Lipinski definition) is 5. The average Bonchev–Trinajstić information content (AvgIpc) is 2.44. The maximum Gasteiger partial charge on any atom is 0.341 e. The summed E-state index contributed by atoms with van der Waals surface area (Å²) in [5.74, 6) is -0.485. The second-order valence-corrected chi connectivity index (χ2v) is 3.97. The molecule has 0 aliphatic rings. The van der Waals surface area contributed by atoms with Crippen LogP contribution >= 0.6 is 0 Å². The van der Waals surface area contributed by atoms with Crippen molar-refractivity contribution >= 4 is 17.3 Å². The van der Waals surface area contributed by atoms with Gasteiger partial charge in [0.2, 0.25) is 0 Å². The molecule has 102 valence electrons. The van der Waals surface area contributed by atoms with Crippen molar-refractivity contribution in [1.82, 2.24) is 0 Å². The minimum atomic E-state index is -0.485. The number of rotatable bonds is 4. The third-order valence-electron chi connectivity index (χ3n) is 2.74. The summed E-state index contributed by atoms with van der Waals surface area (Å²) in [4.78, 5) is 11.8. The van der Waals surface area contributed by atoms with Crippen LogP contribution in [0.4, 0.5) is 0 Å². The predicted molar refractivity (Wildman–Crippen MR) is 72.2 cm³/mol. The van der Waals surface area contributed by atoms with E-state index in [0.717, 1.165) is 5.56 Å². The molecule has 0 radical (unpaired) electrons. The number of hydrogen-bond donors (Lipinski definition) is 1. The van der Waals surface area contributed by atoms with Crippen molar-refractivity contribution < 1.29 is 19.5 Å². The molecule has 0 aliphatic heterocycles. The molecule has 1 aromatic rings. The number of oxime groups is 1. The monoisotopic (exact) mass is 263 g/mol. The number of aryl methyl sites for hydroxylation is 1. The lowest BCUT2D eigenvalue weighted by Crippen LogP contribution is -2.07. The fraction of sp³-hybridized carbons (Fsp3) is 0.286. The van der Waals surface area contributed by atoms with Crippen LogP contribution in [-0.2, 0) is 14.3 Å². The third-order valence-corrected chi connectivity index (χ3v) is 2.74. The number of nitrogens with zero attached hydrogens (tertiary/aromatic N) is 1. The van der Waals surface area contributed by atoms with Gasteiger partial charge in [-0.2, -0.15) is 0 Å². The van der Waals surface area contributed by atoms with Crippen LogP contribution in [0.15, 0.2) is 29.6 Å². The van der Waals surface area contributed by atoms with E-state index in [1.807, 2.05) is 19.1 Å². The highest BCUT2D eigenvalue weighted by atomic mass is 16.5. The van der Waals surface area contributed by atoms with Gasteiger partial charge in [-0.3, -0.25) is 0 Å². The zero-order valence-corrected chi connectivity index (χ0v) is 11.4. The summed E-state index contributed by atoms with van der Waals surface area (Å²) in [5.41, 5.74) is 3.06. The first-order valence-electron chi connectivity index (χ1n) is 5.66. The Kier molecular flexibility index (Phi) is 5.11. The summed E-state index contributed by atoms with van der Waals surface area (Å²) < 4.78 is 9.65. The van der Waals surface area contributed by atoms with Gasteiger partial charge in [-0.25, -0.2) is 4.79 Å². The Balaban J connectivity index is 3.38. The zero-order valence-electron chi connectivity index (χ0n) is 11.4. The summed E-state index contributed by atoms with van der Waals surface area (Å²) in [6, 6.07) is 5.41. The SMILES string of the molecule is CO/C=C(/C(=O)OC)c1cc(/C(C)=N/O)ccc1C. The van der Waals surface area contributed by atoms with Gasteiger partial charge in [-0.15, -0.1) is 0 Å². The fourth-order valence-electron chi connectivity index (χ4n) is 1.64. The van der Waals surface area contributed by atoms with E-state index in [9.17, 15) is 4.79 Å². The average molecular weight is 263 g/mol. The first-order valence-corrected chi connectivity index (χ1v) is 5.66. The van der Waals surface area contributed by atoms with Gasteiger partial charge in [0.15, 0.2) is 0 Å². The highest BCUT2D eigenvalue weighted by Crippen LogP contribution is 2.22. The largest absolute Gasteiger partial charge is 0.503 e. The highest BCUT2D eigenvalue weighted by Gasteiger charge is 2.16. The van der Waals surface area contributed by atoms with Crippen molar-refractivity contribution in [2.45, 2.75) is 13.8 Å². The van der Waals surface area contributed by atoms with E-state index in [2.05, 4.69) is 5.16 Å². The van der Waals surface area contributed by atoms with Crippen molar-refractivity contribution in [2.75, 3.05) is 14.2 Å². The molecule has 0 bridgehead atoms. The second kappa shape index (κ2) is 6.58. The van der Waals surface area contributed by atoms with Gasteiger partial charge < -0.3 is 14.7 Å². The molecule has 1 N–H and O–H groups in total. The Morgan fingerprint density at radius 2 is 2.05 bits per heavy atom. The normalized spacial score (nSPS) is 12.2. The van der Waals surface area contributed by atoms with Crippen molar-refractivity contribution in [3.05, 3.63) is 41.2 Å². The van der Waals surface area contributed by atoms with Crippen LogP contribution in [0.3, 0.4) is 0 Å². The third kappa shape index (κ3) is 3.34. The smallest absolute Gasteiger partial charge is 0.341 e. The molecule has 0 heterocycles. The van der Waals surface area contributed by atoms with Gasteiger partial charge in [0.05, 0.1) is 26.2 Å². The van der Waals surface area contributed by atoms with Gasteiger partial charge in [-0.1, -0.05) is 17.3 Å². The van der Waals surface area contributed by atoms with Crippen molar-refractivity contribution in [1.29, 1.82) is 0 Å². The Morgan fingerprint density at radius 3 is 2.58 bits per heavy atom. The van der Waals surface area contributed by atoms with Crippen molar-refractivity contribution in [3.63, 3.8) is 0 Å². The number of ether oxygens (including phenoxy) is 2. The summed E-state index contributed by atoms with van der Waals surface area (Å²) >= 11 is 0. The van der Waals surface area contributed by atoms with E-state index in [4.69, 9.17) is 14.7 Å². The van der Waals surface area contributed by atoms with Crippen LogP contribution in [-0.4, -0.2) is 31.1 Å². The summed E-state index contributed by atoms with van der Waals surface area (Å²) in [6.07, 6.45) is 1.34. The first kappa shape index (κ1) is 14.8. The minimum Gasteiger partial charge on any atom is -0.503 e. The molecular formula is C14H17NO4. The standard InChI is InChI=1S/C14H17NO4/c1-9-5-6-11(10(2)15-17)7-12(9)13(8-18-3)14(16)19-4/h5-8,17H,1-4H3/b13-8+,15-10+. The molecule has 0 amide bonds. The van der Waals surface area contributed by atoms with Gasteiger partial charge in [0, 0.05) is 0 Å². The molecule has 1 rings (SSSR count). The maximum absolute atomic E-state index is 11.8. The number of carbonyl (C=O) groups excluding carboxylic acids is 1. The number of carbonyl (C=O) groups is 1. The van der Waals surface area contributed by atoms with Crippen LogP contribution < -0.4 is 0 Å². The molecule has 0 unspecified atom stereocenters.